The Kier molecular flexibility index (Phi) is 7.99. The van der Waals surface area contributed by atoms with Crippen LogP contribution in [0.1, 0.15) is 39.2 Å². The quantitative estimate of drug-likeness (QED) is 0.426. The molecule has 3 atom stereocenters. The van der Waals surface area contributed by atoms with Crippen molar-refractivity contribution < 1.29 is 0 Å². The van der Waals surface area contributed by atoms with Gasteiger partial charge in [-0.2, -0.15) is 0 Å². The van der Waals surface area contributed by atoms with Crippen LogP contribution >= 0.6 is 24.0 Å². The van der Waals surface area contributed by atoms with E-state index in [4.69, 9.17) is 4.99 Å². The maximum atomic E-state index is 4.98. The fraction of sp³-hybridized carbons (Fsp3) is 0.778. The first kappa shape index (κ1) is 20.5. The van der Waals surface area contributed by atoms with Crippen LogP contribution in [0.2, 0.25) is 0 Å². The number of likely N-dealkylation sites (tertiary alicyclic amines) is 2. The number of hydrogen-bond acceptors (Lipinski definition) is 3. The Balaban J connectivity index is 0.00000225. The van der Waals surface area contributed by atoms with Crippen LogP contribution in [0.4, 0.5) is 0 Å². The first-order chi connectivity index (χ1) is 11.7. The number of nitrogens with zero attached hydrogens (tertiary/aromatic N) is 5. The van der Waals surface area contributed by atoms with E-state index in [0.717, 1.165) is 32.1 Å². The molecule has 2 aliphatic rings. The lowest BCUT2D eigenvalue weighted by atomic mass is 9.93. The highest BCUT2D eigenvalue weighted by Crippen LogP contribution is 2.27. The molecule has 1 aromatic heterocycles. The third kappa shape index (κ3) is 5.09. The van der Waals surface area contributed by atoms with Crippen molar-refractivity contribution in [2.45, 2.75) is 45.2 Å². The predicted octanol–water partition coefficient (Wildman–Crippen LogP) is 2.44. The van der Waals surface area contributed by atoms with Gasteiger partial charge in [-0.25, -0.2) is 4.98 Å². The monoisotopic (exact) mass is 460 g/mol. The van der Waals surface area contributed by atoms with Gasteiger partial charge in [-0.1, -0.05) is 6.92 Å². The normalized spacial score (nSPS) is 28.0. The number of rotatable bonds is 4. The molecular formula is C18H33IN6. The van der Waals surface area contributed by atoms with Gasteiger partial charge in [0.25, 0.3) is 0 Å². The molecule has 0 amide bonds. The summed E-state index contributed by atoms with van der Waals surface area (Å²) in [6.07, 6.45) is 9.67. The minimum atomic E-state index is 0. The van der Waals surface area contributed by atoms with Crippen LogP contribution in [0.5, 0.6) is 0 Å². The second-order valence-electron chi connectivity index (χ2n) is 7.26. The van der Waals surface area contributed by atoms with E-state index in [-0.39, 0.29) is 24.0 Å². The van der Waals surface area contributed by atoms with E-state index in [1.165, 1.54) is 25.8 Å². The fourth-order valence-corrected chi connectivity index (χ4v) is 3.92. The molecule has 0 bridgehead atoms. The Morgan fingerprint density at radius 2 is 2.16 bits per heavy atom. The lowest BCUT2D eigenvalue weighted by Gasteiger charge is -2.39. The second kappa shape index (κ2) is 9.75. The SMILES string of the molecule is CCNC(=NCC1CCCN1C)N1CCC(C)C(n2ccnc2)C1.I. The molecule has 0 spiro atoms. The zero-order chi connectivity index (χ0) is 16.9. The van der Waals surface area contributed by atoms with Crippen molar-refractivity contribution in [3.05, 3.63) is 18.7 Å². The van der Waals surface area contributed by atoms with Crippen LogP contribution in [0.25, 0.3) is 0 Å². The molecule has 6 nitrogen and oxygen atoms in total. The Morgan fingerprint density at radius 3 is 2.80 bits per heavy atom. The summed E-state index contributed by atoms with van der Waals surface area (Å²) in [6.45, 7) is 9.61. The number of aliphatic imine (C=N–C) groups is 1. The molecule has 0 aromatic carbocycles. The van der Waals surface area contributed by atoms with E-state index in [1.54, 1.807) is 0 Å². The molecule has 1 aromatic rings. The largest absolute Gasteiger partial charge is 0.357 e. The number of hydrogen-bond donors (Lipinski definition) is 1. The third-order valence-corrected chi connectivity index (χ3v) is 5.58. The topological polar surface area (TPSA) is 48.7 Å². The molecule has 0 aliphatic carbocycles. The highest BCUT2D eigenvalue weighted by molar-refractivity contribution is 14.0. The van der Waals surface area contributed by atoms with Gasteiger partial charge in [-0.15, -0.1) is 24.0 Å². The van der Waals surface area contributed by atoms with Crippen molar-refractivity contribution >= 4 is 29.9 Å². The Morgan fingerprint density at radius 1 is 1.32 bits per heavy atom. The number of aromatic nitrogens is 2. The first-order valence-electron chi connectivity index (χ1n) is 9.40. The van der Waals surface area contributed by atoms with Crippen LogP contribution in [-0.2, 0) is 0 Å². The average molecular weight is 460 g/mol. The molecule has 2 saturated heterocycles. The molecule has 2 fully saturated rings. The fourth-order valence-electron chi connectivity index (χ4n) is 3.92. The minimum Gasteiger partial charge on any atom is -0.357 e. The zero-order valence-corrected chi connectivity index (χ0v) is 18.1. The predicted molar refractivity (Wildman–Crippen MR) is 114 cm³/mol. The molecule has 142 valence electrons. The maximum Gasteiger partial charge on any atom is 0.194 e. The van der Waals surface area contributed by atoms with Gasteiger partial charge in [0.05, 0.1) is 18.9 Å². The van der Waals surface area contributed by atoms with E-state index >= 15 is 0 Å². The Labute approximate surface area is 169 Å². The standard InChI is InChI=1S/C18H32N6.HI/c1-4-20-18(21-12-16-6-5-9-22(16)3)23-10-7-15(2)17(13-23)24-11-8-19-14-24;/h8,11,14-17H,4-7,9-10,12-13H2,1-3H3,(H,20,21);1H. The molecular weight excluding hydrogens is 427 g/mol. The number of guanidine groups is 1. The summed E-state index contributed by atoms with van der Waals surface area (Å²) in [7, 11) is 2.22. The van der Waals surface area contributed by atoms with Crippen LogP contribution in [-0.4, -0.2) is 71.1 Å². The molecule has 0 saturated carbocycles. The van der Waals surface area contributed by atoms with Crippen LogP contribution in [0, 0.1) is 5.92 Å². The summed E-state index contributed by atoms with van der Waals surface area (Å²) in [4.78, 5) is 14.1. The smallest absolute Gasteiger partial charge is 0.194 e. The average Bonchev–Trinajstić information content (AvgIpc) is 3.24. The number of piperidine rings is 1. The lowest BCUT2D eigenvalue weighted by molar-refractivity contribution is 0.188. The second-order valence-corrected chi connectivity index (χ2v) is 7.26. The van der Waals surface area contributed by atoms with Gasteiger partial charge in [-0.05, 0) is 45.7 Å². The van der Waals surface area contributed by atoms with Crippen molar-refractivity contribution in [3.63, 3.8) is 0 Å². The minimum absolute atomic E-state index is 0. The van der Waals surface area contributed by atoms with Crippen molar-refractivity contribution in [3.8, 4) is 0 Å². The summed E-state index contributed by atoms with van der Waals surface area (Å²) < 4.78 is 2.26. The Bertz CT molecular complexity index is 532. The van der Waals surface area contributed by atoms with Crippen molar-refractivity contribution in [2.24, 2.45) is 10.9 Å². The van der Waals surface area contributed by atoms with Gasteiger partial charge in [0, 0.05) is 38.1 Å². The highest BCUT2D eigenvalue weighted by Gasteiger charge is 2.29. The van der Waals surface area contributed by atoms with Crippen molar-refractivity contribution in [1.82, 2.24) is 24.7 Å². The number of nitrogens with one attached hydrogen (secondary N) is 1. The van der Waals surface area contributed by atoms with Crippen molar-refractivity contribution in [1.29, 1.82) is 0 Å². The summed E-state index contributed by atoms with van der Waals surface area (Å²) >= 11 is 0. The van der Waals surface area contributed by atoms with E-state index in [1.807, 2.05) is 12.5 Å². The summed E-state index contributed by atoms with van der Waals surface area (Å²) in [5.74, 6) is 1.74. The van der Waals surface area contributed by atoms with E-state index in [0.29, 0.717) is 18.0 Å². The van der Waals surface area contributed by atoms with Gasteiger partial charge in [-0.3, -0.25) is 4.99 Å². The molecule has 3 unspecified atom stereocenters. The first-order valence-corrected chi connectivity index (χ1v) is 9.40. The summed E-state index contributed by atoms with van der Waals surface area (Å²) in [6, 6.07) is 1.08. The number of halogens is 1. The zero-order valence-electron chi connectivity index (χ0n) is 15.8. The van der Waals surface area contributed by atoms with Crippen molar-refractivity contribution in [2.75, 3.05) is 39.8 Å². The molecule has 3 rings (SSSR count). The van der Waals surface area contributed by atoms with Crippen LogP contribution in [0.15, 0.2) is 23.7 Å². The van der Waals surface area contributed by atoms with Gasteiger partial charge < -0.3 is 19.7 Å². The van der Waals surface area contributed by atoms with Gasteiger partial charge >= 0.3 is 0 Å². The van der Waals surface area contributed by atoms with E-state index in [9.17, 15) is 0 Å². The number of likely N-dealkylation sites (N-methyl/N-ethyl adjacent to an activating group) is 1. The molecule has 7 heteroatoms. The van der Waals surface area contributed by atoms with Crippen LogP contribution in [0.3, 0.4) is 0 Å². The highest BCUT2D eigenvalue weighted by atomic mass is 127. The third-order valence-electron chi connectivity index (χ3n) is 5.58. The lowest BCUT2D eigenvalue weighted by Crippen LogP contribution is -2.49. The number of imidazole rings is 1. The van der Waals surface area contributed by atoms with Gasteiger partial charge in [0.15, 0.2) is 5.96 Å². The maximum absolute atomic E-state index is 4.98. The summed E-state index contributed by atoms with van der Waals surface area (Å²) in [5.41, 5.74) is 0. The van der Waals surface area contributed by atoms with Gasteiger partial charge in [0.2, 0.25) is 0 Å². The van der Waals surface area contributed by atoms with Crippen LogP contribution < -0.4 is 5.32 Å². The molecule has 0 radical (unpaired) electrons. The Hall–Kier alpha value is -0.830. The van der Waals surface area contributed by atoms with Gasteiger partial charge in [0.1, 0.15) is 0 Å². The molecule has 1 N–H and O–H groups in total. The summed E-state index contributed by atoms with van der Waals surface area (Å²) in [5, 5.41) is 3.50. The van der Waals surface area contributed by atoms with E-state index in [2.05, 4.69) is 51.8 Å². The molecule has 3 heterocycles. The van der Waals surface area contributed by atoms with E-state index < -0.39 is 0 Å². The molecule has 2 aliphatic heterocycles. The molecule has 25 heavy (non-hydrogen) atoms.